The van der Waals surface area contributed by atoms with Gasteiger partial charge in [-0.2, -0.15) is 0 Å². The van der Waals surface area contributed by atoms with Gasteiger partial charge in [-0.05, 0) is 62.0 Å². The van der Waals surface area contributed by atoms with Crippen LogP contribution in [0.5, 0.6) is 5.75 Å². The van der Waals surface area contributed by atoms with Crippen molar-refractivity contribution >= 4 is 17.5 Å². The topological polar surface area (TPSA) is 73.9 Å². The van der Waals surface area contributed by atoms with E-state index in [0.717, 1.165) is 50.9 Å². The number of amides is 2. The number of aryl methyl sites for hydroxylation is 1. The minimum absolute atomic E-state index is 0.0591. The van der Waals surface area contributed by atoms with Crippen molar-refractivity contribution in [1.82, 2.24) is 15.5 Å². The van der Waals surface area contributed by atoms with Crippen LogP contribution in [0.1, 0.15) is 48.4 Å². The summed E-state index contributed by atoms with van der Waals surface area (Å²) in [6.07, 6.45) is 5.81. The molecule has 1 unspecified atom stereocenters. The molecule has 1 fully saturated rings. The Morgan fingerprint density at radius 1 is 0.971 bits per heavy atom. The second-order valence-electron chi connectivity index (χ2n) is 9.23. The van der Waals surface area contributed by atoms with Crippen LogP contribution >= 0.6 is 0 Å². The third-order valence-electron chi connectivity index (χ3n) is 6.96. The summed E-state index contributed by atoms with van der Waals surface area (Å²) in [5, 5.41) is 5.61. The van der Waals surface area contributed by atoms with Gasteiger partial charge < -0.3 is 20.3 Å². The number of carbonyl (C=O) groups excluding carboxylic acids is 2. The molecular weight excluding hydrogens is 428 g/mol. The number of anilines is 1. The predicted octanol–water partition coefficient (Wildman–Crippen LogP) is 3.04. The van der Waals surface area contributed by atoms with E-state index in [4.69, 9.17) is 4.74 Å². The van der Waals surface area contributed by atoms with Gasteiger partial charge in [0.25, 0.3) is 0 Å². The highest BCUT2D eigenvalue weighted by molar-refractivity contribution is 6.35. The number of methoxy groups -OCH3 is 1. The lowest BCUT2D eigenvalue weighted by atomic mass is 9.95. The number of nitrogens with zero attached hydrogens (tertiary/aromatic N) is 2. The fourth-order valence-electron chi connectivity index (χ4n) is 5.07. The normalized spacial score (nSPS) is 16.9. The maximum atomic E-state index is 12.6. The van der Waals surface area contributed by atoms with Gasteiger partial charge in [0.2, 0.25) is 0 Å². The van der Waals surface area contributed by atoms with Crippen molar-refractivity contribution in [3.8, 4) is 5.75 Å². The highest BCUT2D eigenvalue weighted by Gasteiger charge is 2.26. The van der Waals surface area contributed by atoms with E-state index in [0.29, 0.717) is 12.3 Å². The lowest BCUT2D eigenvalue weighted by Crippen LogP contribution is -2.45. The zero-order valence-corrected chi connectivity index (χ0v) is 20.3. The van der Waals surface area contributed by atoms with Crippen molar-refractivity contribution in [2.75, 3.05) is 45.2 Å². The molecule has 2 aromatic rings. The van der Waals surface area contributed by atoms with E-state index in [-0.39, 0.29) is 12.6 Å². The molecule has 7 heteroatoms. The minimum atomic E-state index is -0.629. The Morgan fingerprint density at radius 2 is 1.74 bits per heavy atom. The Kier molecular flexibility index (Phi) is 8.06. The average molecular weight is 465 g/mol. The highest BCUT2D eigenvalue weighted by Crippen LogP contribution is 2.31. The third kappa shape index (κ3) is 5.70. The fourth-order valence-corrected chi connectivity index (χ4v) is 5.07. The summed E-state index contributed by atoms with van der Waals surface area (Å²) < 4.78 is 5.32. The van der Waals surface area contributed by atoms with Crippen LogP contribution in [-0.4, -0.2) is 57.1 Å². The molecule has 182 valence electrons. The Hall–Kier alpha value is -3.06. The summed E-state index contributed by atoms with van der Waals surface area (Å²) in [7, 11) is 3.73. The van der Waals surface area contributed by atoms with Gasteiger partial charge in [0.05, 0.1) is 13.2 Å². The third-order valence-corrected chi connectivity index (χ3v) is 6.96. The maximum absolute atomic E-state index is 12.6. The van der Waals surface area contributed by atoms with Crippen LogP contribution in [0.3, 0.4) is 0 Å². The van der Waals surface area contributed by atoms with Crippen molar-refractivity contribution in [3.05, 3.63) is 59.2 Å². The van der Waals surface area contributed by atoms with E-state index >= 15 is 0 Å². The molecular formula is C27H36N4O3. The number of hydrogen-bond donors (Lipinski definition) is 2. The molecule has 2 N–H and O–H groups in total. The smallest absolute Gasteiger partial charge is 0.309 e. The Morgan fingerprint density at radius 3 is 2.53 bits per heavy atom. The van der Waals surface area contributed by atoms with Gasteiger partial charge in [-0.15, -0.1) is 0 Å². The summed E-state index contributed by atoms with van der Waals surface area (Å²) >= 11 is 0. The molecule has 1 saturated heterocycles. The first kappa shape index (κ1) is 24.1. The van der Waals surface area contributed by atoms with Crippen LogP contribution < -0.4 is 20.3 Å². The van der Waals surface area contributed by atoms with Crippen LogP contribution in [0.25, 0.3) is 0 Å². The molecule has 0 aromatic heterocycles. The predicted molar refractivity (Wildman–Crippen MR) is 134 cm³/mol. The molecule has 0 radical (unpaired) electrons. The van der Waals surface area contributed by atoms with Crippen LogP contribution in [0.15, 0.2) is 42.5 Å². The zero-order chi connectivity index (χ0) is 23.9. The molecule has 1 atom stereocenters. The first-order valence-electron chi connectivity index (χ1n) is 12.3. The standard InChI is InChI=1S/C27H36N4O3/c1-30-14-8-10-20-17-21(12-13-23(20)30)24(31-15-6-3-7-16-31)19-29-27(33)26(32)28-18-22-9-4-5-11-25(22)34-2/h4-5,9,11-13,17,24H,3,6-8,10,14-16,18-19H2,1-2H3,(H,28,32)(H,29,33). The number of hydrogen-bond acceptors (Lipinski definition) is 5. The van der Waals surface area contributed by atoms with Gasteiger partial charge >= 0.3 is 11.8 Å². The van der Waals surface area contributed by atoms with Crippen molar-refractivity contribution in [3.63, 3.8) is 0 Å². The largest absolute Gasteiger partial charge is 0.496 e. The van der Waals surface area contributed by atoms with Gasteiger partial charge in [-0.25, -0.2) is 0 Å². The molecule has 34 heavy (non-hydrogen) atoms. The number of nitrogens with one attached hydrogen (secondary N) is 2. The number of piperidine rings is 1. The monoisotopic (exact) mass is 464 g/mol. The molecule has 0 spiro atoms. The van der Waals surface area contributed by atoms with E-state index in [1.165, 1.54) is 23.2 Å². The van der Waals surface area contributed by atoms with Crippen molar-refractivity contribution in [1.29, 1.82) is 0 Å². The summed E-state index contributed by atoms with van der Waals surface area (Å²) in [6, 6.07) is 14.2. The molecule has 2 aliphatic heterocycles. The van der Waals surface area contributed by atoms with E-state index in [1.54, 1.807) is 7.11 Å². The lowest BCUT2D eigenvalue weighted by molar-refractivity contribution is -0.139. The quantitative estimate of drug-likeness (QED) is 0.616. The first-order valence-corrected chi connectivity index (χ1v) is 12.3. The fraction of sp³-hybridized carbons (Fsp3) is 0.481. The molecule has 0 bridgehead atoms. The Labute approximate surface area is 202 Å². The molecule has 2 heterocycles. The zero-order valence-electron chi connectivity index (χ0n) is 20.3. The van der Waals surface area contributed by atoms with Crippen LogP contribution in [0.4, 0.5) is 5.69 Å². The van der Waals surface area contributed by atoms with Gasteiger partial charge in [0.1, 0.15) is 5.75 Å². The van der Waals surface area contributed by atoms with Gasteiger partial charge in [-0.3, -0.25) is 14.5 Å². The van der Waals surface area contributed by atoms with E-state index in [1.807, 2.05) is 24.3 Å². The molecule has 7 nitrogen and oxygen atoms in total. The number of ether oxygens (including phenoxy) is 1. The van der Waals surface area contributed by atoms with Gasteiger partial charge in [0.15, 0.2) is 0 Å². The highest BCUT2D eigenvalue weighted by atomic mass is 16.5. The Balaban J connectivity index is 1.41. The summed E-state index contributed by atoms with van der Waals surface area (Å²) in [6.45, 7) is 3.76. The molecule has 2 amide bonds. The second-order valence-corrected chi connectivity index (χ2v) is 9.23. The molecule has 0 saturated carbocycles. The average Bonchev–Trinajstić information content (AvgIpc) is 2.88. The number of rotatable bonds is 7. The molecule has 2 aliphatic rings. The van der Waals surface area contributed by atoms with E-state index in [2.05, 4.69) is 45.7 Å². The van der Waals surface area contributed by atoms with Crippen LogP contribution in [-0.2, 0) is 22.6 Å². The van der Waals surface area contributed by atoms with Crippen molar-refractivity contribution in [2.45, 2.75) is 44.7 Å². The summed E-state index contributed by atoms with van der Waals surface area (Å²) in [5.74, 6) is -0.545. The minimum Gasteiger partial charge on any atom is -0.496 e. The molecule has 0 aliphatic carbocycles. The van der Waals surface area contributed by atoms with Gasteiger partial charge in [-0.1, -0.05) is 36.8 Å². The van der Waals surface area contributed by atoms with Crippen LogP contribution in [0, 0.1) is 0 Å². The number of benzene rings is 2. The maximum Gasteiger partial charge on any atom is 0.309 e. The SMILES string of the molecule is COc1ccccc1CNC(=O)C(=O)NCC(c1ccc2c(c1)CCCN2C)N1CCCCC1. The number of fused-ring (bicyclic) bond motifs is 1. The first-order chi connectivity index (χ1) is 16.6. The molecule has 4 rings (SSSR count). The molecule has 2 aromatic carbocycles. The number of para-hydroxylation sites is 1. The van der Waals surface area contributed by atoms with Crippen LogP contribution in [0.2, 0.25) is 0 Å². The van der Waals surface area contributed by atoms with Gasteiger partial charge in [0, 0.05) is 37.9 Å². The van der Waals surface area contributed by atoms with E-state index < -0.39 is 11.8 Å². The summed E-state index contributed by atoms with van der Waals surface area (Å²) in [4.78, 5) is 29.9. The van der Waals surface area contributed by atoms with Crippen molar-refractivity contribution < 1.29 is 14.3 Å². The van der Waals surface area contributed by atoms with E-state index in [9.17, 15) is 9.59 Å². The summed E-state index contributed by atoms with van der Waals surface area (Å²) in [5.41, 5.74) is 4.71. The number of likely N-dealkylation sites (tertiary alicyclic amines) is 1. The Bertz CT molecular complexity index is 1000. The van der Waals surface area contributed by atoms with Crippen molar-refractivity contribution in [2.24, 2.45) is 0 Å². The lowest BCUT2D eigenvalue weighted by Gasteiger charge is -2.36. The number of carbonyl (C=O) groups is 2. The second kappa shape index (κ2) is 11.4.